The lowest BCUT2D eigenvalue weighted by Gasteiger charge is -2.04. The lowest BCUT2D eigenvalue weighted by molar-refractivity contribution is -0.120. The van der Waals surface area contributed by atoms with E-state index >= 15 is 0 Å². The van der Waals surface area contributed by atoms with Gasteiger partial charge < -0.3 is 10.4 Å². The summed E-state index contributed by atoms with van der Waals surface area (Å²) in [6, 6.07) is 6.70. The molecule has 0 aliphatic rings. The van der Waals surface area contributed by atoms with Gasteiger partial charge >= 0.3 is 5.97 Å². The SMILES string of the molecule is C=CCC(=O)NCCc1cccc(C(=O)O)c1. The predicted octanol–water partition coefficient (Wildman–Crippen LogP) is 1.62. The molecule has 1 amide bonds. The highest BCUT2D eigenvalue weighted by molar-refractivity contribution is 5.87. The number of hydrogen-bond donors (Lipinski definition) is 2. The molecule has 1 rings (SSSR count). The Labute approximate surface area is 100.0 Å². The van der Waals surface area contributed by atoms with Crippen molar-refractivity contribution in [1.82, 2.24) is 5.32 Å². The van der Waals surface area contributed by atoms with E-state index in [9.17, 15) is 9.59 Å². The van der Waals surface area contributed by atoms with Gasteiger partial charge in [0.25, 0.3) is 0 Å². The van der Waals surface area contributed by atoms with E-state index in [1.54, 1.807) is 24.3 Å². The Morgan fingerprint density at radius 3 is 2.82 bits per heavy atom. The van der Waals surface area contributed by atoms with E-state index in [1.807, 2.05) is 6.07 Å². The Morgan fingerprint density at radius 2 is 2.18 bits per heavy atom. The average molecular weight is 233 g/mol. The molecule has 90 valence electrons. The van der Waals surface area contributed by atoms with Gasteiger partial charge in [0.15, 0.2) is 0 Å². The summed E-state index contributed by atoms with van der Waals surface area (Å²) in [5.74, 6) is -1.02. The Morgan fingerprint density at radius 1 is 1.41 bits per heavy atom. The molecule has 0 fully saturated rings. The maximum Gasteiger partial charge on any atom is 0.335 e. The fourth-order valence-corrected chi connectivity index (χ4v) is 1.41. The van der Waals surface area contributed by atoms with Crippen molar-refractivity contribution in [1.29, 1.82) is 0 Å². The Balaban J connectivity index is 2.46. The van der Waals surface area contributed by atoms with Gasteiger partial charge in [0, 0.05) is 13.0 Å². The van der Waals surface area contributed by atoms with Crippen LogP contribution < -0.4 is 5.32 Å². The maximum absolute atomic E-state index is 11.1. The number of rotatable bonds is 6. The molecule has 4 nitrogen and oxygen atoms in total. The Hall–Kier alpha value is -2.10. The summed E-state index contributed by atoms with van der Waals surface area (Å²) in [5.41, 5.74) is 1.16. The number of carbonyl (C=O) groups excluding carboxylic acids is 1. The van der Waals surface area contributed by atoms with Crippen molar-refractivity contribution in [3.05, 3.63) is 48.0 Å². The lowest BCUT2D eigenvalue weighted by atomic mass is 10.1. The third-order valence-corrected chi connectivity index (χ3v) is 2.24. The summed E-state index contributed by atoms with van der Waals surface area (Å²) in [7, 11) is 0. The minimum Gasteiger partial charge on any atom is -0.478 e. The van der Waals surface area contributed by atoms with Crippen LogP contribution in [0.3, 0.4) is 0 Å². The number of carboxylic acids is 1. The van der Waals surface area contributed by atoms with Gasteiger partial charge in [0.05, 0.1) is 5.56 Å². The molecular weight excluding hydrogens is 218 g/mol. The number of nitrogens with one attached hydrogen (secondary N) is 1. The van der Waals surface area contributed by atoms with E-state index in [1.165, 1.54) is 0 Å². The Bertz CT molecular complexity index is 426. The van der Waals surface area contributed by atoms with E-state index in [4.69, 9.17) is 5.11 Å². The minimum atomic E-state index is -0.942. The molecule has 0 atom stereocenters. The molecule has 0 heterocycles. The van der Waals surface area contributed by atoms with Crippen LogP contribution in [-0.2, 0) is 11.2 Å². The molecule has 0 aliphatic carbocycles. The summed E-state index contributed by atoms with van der Waals surface area (Å²) < 4.78 is 0. The van der Waals surface area contributed by atoms with Gasteiger partial charge in [-0.15, -0.1) is 6.58 Å². The zero-order chi connectivity index (χ0) is 12.7. The monoisotopic (exact) mass is 233 g/mol. The quantitative estimate of drug-likeness (QED) is 0.734. The van der Waals surface area contributed by atoms with Crippen molar-refractivity contribution in [2.24, 2.45) is 0 Å². The molecule has 2 N–H and O–H groups in total. The number of hydrogen-bond acceptors (Lipinski definition) is 2. The fraction of sp³-hybridized carbons (Fsp3) is 0.231. The van der Waals surface area contributed by atoms with Gasteiger partial charge in [-0.25, -0.2) is 4.79 Å². The highest BCUT2D eigenvalue weighted by atomic mass is 16.4. The normalized spacial score (nSPS) is 9.65. The van der Waals surface area contributed by atoms with Crippen LogP contribution in [-0.4, -0.2) is 23.5 Å². The molecule has 0 saturated heterocycles. The highest BCUT2D eigenvalue weighted by Crippen LogP contribution is 2.05. The molecule has 0 saturated carbocycles. The van der Waals surface area contributed by atoms with Gasteiger partial charge in [0.2, 0.25) is 5.91 Å². The van der Waals surface area contributed by atoms with E-state index in [-0.39, 0.29) is 11.5 Å². The van der Waals surface area contributed by atoms with Crippen molar-refractivity contribution < 1.29 is 14.7 Å². The second-order valence-corrected chi connectivity index (χ2v) is 3.60. The molecule has 0 aliphatic heterocycles. The van der Waals surface area contributed by atoms with Gasteiger partial charge in [-0.3, -0.25) is 4.79 Å². The molecule has 1 aromatic carbocycles. The smallest absolute Gasteiger partial charge is 0.335 e. The summed E-state index contributed by atoms with van der Waals surface area (Å²) in [6.07, 6.45) is 2.46. The summed E-state index contributed by atoms with van der Waals surface area (Å²) in [4.78, 5) is 21.9. The summed E-state index contributed by atoms with van der Waals surface area (Å²) in [6.45, 7) is 3.97. The third-order valence-electron chi connectivity index (χ3n) is 2.24. The predicted molar refractivity (Wildman–Crippen MR) is 64.9 cm³/mol. The Kier molecular flexibility index (Phi) is 4.94. The zero-order valence-corrected chi connectivity index (χ0v) is 9.48. The molecule has 0 radical (unpaired) electrons. The standard InChI is InChI=1S/C13H15NO3/c1-2-4-12(15)14-8-7-10-5-3-6-11(9-10)13(16)17/h2-3,5-6,9H,1,4,7-8H2,(H,14,15)(H,16,17). The molecule has 4 heteroatoms. The first-order valence-corrected chi connectivity index (χ1v) is 5.33. The summed E-state index contributed by atoms with van der Waals surface area (Å²) in [5, 5.41) is 11.5. The first-order valence-electron chi connectivity index (χ1n) is 5.33. The number of amides is 1. The summed E-state index contributed by atoms with van der Waals surface area (Å²) >= 11 is 0. The number of carboxylic acid groups (broad SMARTS) is 1. The van der Waals surface area contributed by atoms with Crippen molar-refractivity contribution in [3.8, 4) is 0 Å². The van der Waals surface area contributed by atoms with Crippen LogP contribution in [0.25, 0.3) is 0 Å². The van der Waals surface area contributed by atoms with Crippen LogP contribution in [0.1, 0.15) is 22.3 Å². The first kappa shape index (κ1) is 13.0. The molecular formula is C13H15NO3. The maximum atomic E-state index is 11.1. The van der Waals surface area contributed by atoms with Gasteiger partial charge in [0.1, 0.15) is 0 Å². The van der Waals surface area contributed by atoms with Crippen LogP contribution in [0.4, 0.5) is 0 Å². The molecule has 17 heavy (non-hydrogen) atoms. The highest BCUT2D eigenvalue weighted by Gasteiger charge is 2.03. The van der Waals surface area contributed by atoms with Gasteiger partial charge in [-0.1, -0.05) is 18.2 Å². The average Bonchev–Trinajstić information content (AvgIpc) is 2.30. The van der Waals surface area contributed by atoms with Gasteiger partial charge in [-0.2, -0.15) is 0 Å². The molecule has 0 spiro atoms. The van der Waals surface area contributed by atoms with Crippen LogP contribution in [0.15, 0.2) is 36.9 Å². The largest absolute Gasteiger partial charge is 0.478 e. The molecule has 1 aromatic rings. The zero-order valence-electron chi connectivity index (χ0n) is 9.48. The van der Waals surface area contributed by atoms with Crippen molar-refractivity contribution in [3.63, 3.8) is 0 Å². The van der Waals surface area contributed by atoms with E-state index in [2.05, 4.69) is 11.9 Å². The second kappa shape index (κ2) is 6.48. The van der Waals surface area contributed by atoms with E-state index < -0.39 is 5.97 Å². The third kappa shape index (κ3) is 4.51. The first-order chi connectivity index (χ1) is 8.13. The molecule has 0 aromatic heterocycles. The number of benzene rings is 1. The minimum absolute atomic E-state index is 0.0746. The van der Waals surface area contributed by atoms with Crippen LogP contribution in [0, 0.1) is 0 Å². The van der Waals surface area contributed by atoms with Crippen LogP contribution in [0.5, 0.6) is 0 Å². The second-order valence-electron chi connectivity index (χ2n) is 3.60. The van der Waals surface area contributed by atoms with Crippen LogP contribution in [0.2, 0.25) is 0 Å². The van der Waals surface area contributed by atoms with Crippen molar-refractivity contribution in [2.75, 3.05) is 6.54 Å². The van der Waals surface area contributed by atoms with Crippen LogP contribution >= 0.6 is 0 Å². The lowest BCUT2D eigenvalue weighted by Crippen LogP contribution is -2.24. The van der Waals surface area contributed by atoms with E-state index in [0.29, 0.717) is 19.4 Å². The van der Waals surface area contributed by atoms with Crippen molar-refractivity contribution in [2.45, 2.75) is 12.8 Å². The fourth-order valence-electron chi connectivity index (χ4n) is 1.41. The number of carbonyl (C=O) groups is 2. The van der Waals surface area contributed by atoms with E-state index in [0.717, 1.165) is 5.56 Å². The van der Waals surface area contributed by atoms with Gasteiger partial charge in [-0.05, 0) is 24.1 Å². The molecule has 0 bridgehead atoms. The topological polar surface area (TPSA) is 66.4 Å². The molecule has 0 unspecified atom stereocenters. The van der Waals surface area contributed by atoms with Crippen molar-refractivity contribution >= 4 is 11.9 Å². The number of aromatic carboxylic acids is 1.